The molecule has 14 heavy (non-hydrogen) atoms. The van der Waals surface area contributed by atoms with E-state index in [0.717, 1.165) is 5.56 Å². The maximum Gasteiger partial charge on any atom is 0.417 e. The molecule has 0 bridgehead atoms. The minimum Gasteiger partial charge on any atom is -0.457 e. The Labute approximate surface area is 83.6 Å². The van der Waals surface area contributed by atoms with Crippen LogP contribution in [0, 0.1) is 0 Å². The fourth-order valence-electron chi connectivity index (χ4n) is 1.04. The molecule has 75 valence electrons. The number of ether oxygens (including phenoxy) is 2. The molecule has 0 spiro atoms. The van der Waals surface area contributed by atoms with E-state index in [1.807, 2.05) is 30.3 Å². The maximum atomic E-state index is 9.67. The Morgan fingerprint density at radius 3 is 2.64 bits per heavy atom. The standard InChI is InChI=1S/C11H13O3/c12-10-14-8-4-7-13-9-11-5-2-1-3-6-11/h1-3,5-6H,4,7-9H2. The predicted octanol–water partition coefficient (Wildman–Crippen LogP) is 1.68. The Morgan fingerprint density at radius 1 is 1.14 bits per heavy atom. The summed E-state index contributed by atoms with van der Waals surface area (Å²) in [6.45, 7) is 2.94. The topological polar surface area (TPSA) is 35.5 Å². The molecular formula is C11H13O3. The quantitative estimate of drug-likeness (QED) is 0.618. The van der Waals surface area contributed by atoms with E-state index >= 15 is 0 Å². The number of rotatable bonds is 7. The Morgan fingerprint density at radius 2 is 1.93 bits per heavy atom. The summed E-state index contributed by atoms with van der Waals surface area (Å²) >= 11 is 0. The van der Waals surface area contributed by atoms with Crippen molar-refractivity contribution < 1.29 is 14.3 Å². The van der Waals surface area contributed by atoms with Crippen LogP contribution in [0.4, 0.5) is 0 Å². The molecule has 1 aromatic rings. The van der Waals surface area contributed by atoms with Crippen molar-refractivity contribution in [3.8, 4) is 0 Å². The van der Waals surface area contributed by atoms with Crippen molar-refractivity contribution in [1.29, 1.82) is 0 Å². The van der Waals surface area contributed by atoms with Gasteiger partial charge in [-0.2, -0.15) is 0 Å². The van der Waals surface area contributed by atoms with Crippen LogP contribution in [0.25, 0.3) is 0 Å². The minimum absolute atomic E-state index is 0.373. The van der Waals surface area contributed by atoms with Crippen LogP contribution >= 0.6 is 0 Å². The van der Waals surface area contributed by atoms with E-state index in [1.165, 1.54) is 6.47 Å². The molecule has 0 saturated carbocycles. The zero-order chi connectivity index (χ0) is 10.1. The Kier molecular flexibility index (Phi) is 5.43. The Bertz CT molecular complexity index is 246. The van der Waals surface area contributed by atoms with Gasteiger partial charge in [-0.05, 0) is 5.56 Å². The van der Waals surface area contributed by atoms with Gasteiger partial charge >= 0.3 is 6.47 Å². The lowest BCUT2D eigenvalue weighted by molar-refractivity contribution is 0.105. The summed E-state index contributed by atoms with van der Waals surface area (Å²) in [4.78, 5) is 9.67. The van der Waals surface area contributed by atoms with Gasteiger partial charge in [0.25, 0.3) is 0 Å². The van der Waals surface area contributed by atoms with Gasteiger partial charge in [0.1, 0.15) is 0 Å². The van der Waals surface area contributed by atoms with Gasteiger partial charge in [0, 0.05) is 6.42 Å². The van der Waals surface area contributed by atoms with E-state index < -0.39 is 0 Å². The van der Waals surface area contributed by atoms with Crippen molar-refractivity contribution in [2.24, 2.45) is 0 Å². The average molecular weight is 193 g/mol. The molecule has 0 saturated heterocycles. The van der Waals surface area contributed by atoms with Crippen molar-refractivity contribution >= 4 is 6.47 Å². The SMILES string of the molecule is O=[C]OCCCOCc1ccccc1. The van der Waals surface area contributed by atoms with Gasteiger partial charge in [-0.15, -0.1) is 0 Å². The molecule has 0 aromatic heterocycles. The lowest BCUT2D eigenvalue weighted by atomic mass is 10.2. The van der Waals surface area contributed by atoms with Crippen molar-refractivity contribution in [1.82, 2.24) is 0 Å². The van der Waals surface area contributed by atoms with Gasteiger partial charge in [-0.25, -0.2) is 4.79 Å². The lowest BCUT2D eigenvalue weighted by Crippen LogP contribution is -2.00. The fourth-order valence-corrected chi connectivity index (χ4v) is 1.04. The van der Waals surface area contributed by atoms with Crippen LogP contribution in [-0.2, 0) is 20.9 Å². The van der Waals surface area contributed by atoms with E-state index in [9.17, 15) is 4.79 Å². The van der Waals surface area contributed by atoms with Crippen LogP contribution < -0.4 is 0 Å². The summed E-state index contributed by atoms with van der Waals surface area (Å²) in [5, 5.41) is 0. The molecule has 0 amide bonds. The molecule has 0 aliphatic carbocycles. The second-order valence-corrected chi connectivity index (χ2v) is 2.82. The first-order chi connectivity index (χ1) is 6.93. The zero-order valence-corrected chi connectivity index (χ0v) is 7.94. The lowest BCUT2D eigenvalue weighted by Gasteiger charge is -2.03. The summed E-state index contributed by atoms with van der Waals surface area (Å²) in [6.07, 6.45) is 0.710. The first kappa shape index (κ1) is 10.7. The van der Waals surface area contributed by atoms with E-state index in [4.69, 9.17) is 4.74 Å². The average Bonchev–Trinajstić information content (AvgIpc) is 2.25. The molecule has 1 radical (unpaired) electrons. The van der Waals surface area contributed by atoms with Crippen molar-refractivity contribution in [2.45, 2.75) is 13.0 Å². The highest BCUT2D eigenvalue weighted by Crippen LogP contribution is 2.00. The van der Waals surface area contributed by atoms with Crippen LogP contribution in [0.3, 0.4) is 0 Å². The molecule has 0 aliphatic rings. The van der Waals surface area contributed by atoms with Gasteiger partial charge in [0.2, 0.25) is 0 Å². The third-order valence-electron chi connectivity index (χ3n) is 1.71. The summed E-state index contributed by atoms with van der Waals surface area (Å²) in [7, 11) is 0. The van der Waals surface area contributed by atoms with Crippen LogP contribution in [0.2, 0.25) is 0 Å². The highest BCUT2D eigenvalue weighted by atomic mass is 16.5. The van der Waals surface area contributed by atoms with Crippen LogP contribution in [0.5, 0.6) is 0 Å². The van der Waals surface area contributed by atoms with E-state index in [2.05, 4.69) is 4.74 Å². The molecule has 0 N–H and O–H groups in total. The van der Waals surface area contributed by atoms with Gasteiger partial charge in [0.05, 0.1) is 19.8 Å². The zero-order valence-electron chi connectivity index (χ0n) is 7.94. The molecule has 0 fully saturated rings. The fraction of sp³-hybridized carbons (Fsp3) is 0.364. The summed E-state index contributed by atoms with van der Waals surface area (Å²) in [5.41, 5.74) is 1.15. The monoisotopic (exact) mass is 193 g/mol. The maximum absolute atomic E-state index is 9.67. The van der Waals surface area contributed by atoms with E-state index in [-0.39, 0.29) is 0 Å². The summed E-state index contributed by atoms with van der Waals surface area (Å²) in [5.74, 6) is 0. The smallest absolute Gasteiger partial charge is 0.417 e. The van der Waals surface area contributed by atoms with Gasteiger partial charge in [-0.1, -0.05) is 30.3 Å². The highest BCUT2D eigenvalue weighted by molar-refractivity contribution is 5.37. The minimum atomic E-state index is 0.373. The van der Waals surface area contributed by atoms with Crippen LogP contribution in [-0.4, -0.2) is 19.7 Å². The second kappa shape index (κ2) is 7.09. The van der Waals surface area contributed by atoms with Gasteiger partial charge in [0.15, 0.2) is 0 Å². The molecule has 0 unspecified atom stereocenters. The van der Waals surface area contributed by atoms with E-state index in [1.54, 1.807) is 0 Å². The number of carbonyl (C=O) groups excluding carboxylic acids is 1. The first-order valence-corrected chi connectivity index (χ1v) is 4.54. The molecule has 1 rings (SSSR count). The van der Waals surface area contributed by atoms with Crippen molar-refractivity contribution in [3.63, 3.8) is 0 Å². The van der Waals surface area contributed by atoms with Crippen molar-refractivity contribution in [3.05, 3.63) is 35.9 Å². The van der Waals surface area contributed by atoms with E-state index in [0.29, 0.717) is 26.2 Å². The summed E-state index contributed by atoms with van der Waals surface area (Å²) in [6, 6.07) is 9.94. The second-order valence-electron chi connectivity index (χ2n) is 2.82. The molecule has 0 aliphatic heterocycles. The largest absolute Gasteiger partial charge is 0.457 e. The van der Waals surface area contributed by atoms with Crippen molar-refractivity contribution in [2.75, 3.05) is 13.2 Å². The molecule has 1 aromatic carbocycles. The van der Waals surface area contributed by atoms with Gasteiger partial charge in [-0.3, -0.25) is 0 Å². The third kappa shape index (κ3) is 4.62. The predicted molar refractivity (Wildman–Crippen MR) is 52.4 cm³/mol. The third-order valence-corrected chi connectivity index (χ3v) is 1.71. The number of hydrogen-bond acceptors (Lipinski definition) is 3. The molecule has 0 heterocycles. The normalized spacial score (nSPS) is 9.71. The van der Waals surface area contributed by atoms with Gasteiger partial charge < -0.3 is 9.47 Å². The van der Waals surface area contributed by atoms with Crippen LogP contribution in [0.15, 0.2) is 30.3 Å². The van der Waals surface area contributed by atoms with Crippen LogP contribution in [0.1, 0.15) is 12.0 Å². The molecule has 3 nitrogen and oxygen atoms in total. The molecular weight excluding hydrogens is 180 g/mol. The Hall–Kier alpha value is -1.35. The Balaban J connectivity index is 2.02. The summed E-state index contributed by atoms with van der Waals surface area (Å²) < 4.78 is 9.76. The first-order valence-electron chi connectivity index (χ1n) is 4.54. The molecule has 3 heteroatoms. The number of hydrogen-bond donors (Lipinski definition) is 0. The molecule has 0 atom stereocenters. The highest BCUT2D eigenvalue weighted by Gasteiger charge is 1.92. The number of benzene rings is 1.